The number of carbonyl (C=O) groups excluding carboxylic acids is 2. The average Bonchev–Trinajstić information content (AvgIpc) is 3.17. The van der Waals surface area contributed by atoms with Crippen LogP contribution in [0.2, 0.25) is 0 Å². The van der Waals surface area contributed by atoms with Crippen molar-refractivity contribution in [3.05, 3.63) is 77.9 Å². The zero-order valence-electron chi connectivity index (χ0n) is 25.7. The number of rotatable bonds is 11. The molecule has 0 radical (unpaired) electrons. The van der Waals surface area contributed by atoms with E-state index in [0.717, 1.165) is 54.9 Å². The summed E-state index contributed by atoms with van der Waals surface area (Å²) in [5.74, 6) is 1.99. The van der Waals surface area contributed by atoms with E-state index in [-0.39, 0.29) is 23.7 Å². The highest BCUT2D eigenvalue weighted by atomic mass is 16.5. The van der Waals surface area contributed by atoms with Crippen molar-refractivity contribution >= 4 is 23.3 Å². The predicted molar refractivity (Wildman–Crippen MR) is 171 cm³/mol. The summed E-state index contributed by atoms with van der Waals surface area (Å²) < 4.78 is 12.6. The number of carbonyl (C=O) groups is 2. The summed E-state index contributed by atoms with van der Waals surface area (Å²) in [6.45, 7) is 6.17. The first kappa shape index (κ1) is 30.4. The molecule has 0 spiro atoms. The fourth-order valence-electron chi connectivity index (χ4n) is 6.23. The Labute approximate surface area is 255 Å². The van der Waals surface area contributed by atoms with Crippen molar-refractivity contribution in [1.29, 1.82) is 0 Å². The van der Waals surface area contributed by atoms with Crippen LogP contribution >= 0.6 is 0 Å². The van der Waals surface area contributed by atoms with Gasteiger partial charge in [0, 0.05) is 41.9 Å². The number of nitrogens with one attached hydrogen (secondary N) is 3. The van der Waals surface area contributed by atoms with Gasteiger partial charge in [0.15, 0.2) is 5.72 Å². The molecule has 2 aliphatic rings. The molecule has 2 bridgehead atoms. The number of piperidine rings is 1. The van der Waals surface area contributed by atoms with E-state index in [4.69, 9.17) is 9.47 Å². The van der Waals surface area contributed by atoms with Gasteiger partial charge in [-0.25, -0.2) is 4.79 Å². The third-order valence-corrected chi connectivity index (χ3v) is 8.95. The van der Waals surface area contributed by atoms with Crippen molar-refractivity contribution in [2.24, 2.45) is 0 Å². The number of urea groups is 1. The zero-order valence-corrected chi connectivity index (χ0v) is 25.7. The van der Waals surface area contributed by atoms with Crippen molar-refractivity contribution < 1.29 is 19.1 Å². The topological polar surface area (TPSA) is 91.9 Å². The van der Waals surface area contributed by atoms with Gasteiger partial charge in [0.05, 0.1) is 0 Å². The molecule has 3 aromatic carbocycles. The third kappa shape index (κ3) is 7.13. The van der Waals surface area contributed by atoms with Crippen LogP contribution in [0.3, 0.4) is 0 Å². The Balaban J connectivity index is 1.15. The van der Waals surface area contributed by atoms with Crippen molar-refractivity contribution in [2.75, 3.05) is 17.7 Å². The molecule has 8 heteroatoms. The minimum Gasteiger partial charge on any atom is -0.473 e. The first-order chi connectivity index (χ1) is 20.8. The number of benzene rings is 3. The van der Waals surface area contributed by atoms with Gasteiger partial charge in [0.2, 0.25) is 0 Å². The van der Waals surface area contributed by atoms with Crippen LogP contribution in [0.15, 0.2) is 66.7 Å². The maximum Gasteiger partial charge on any atom is 0.319 e. The molecular formula is C35H44N4O4. The molecule has 0 saturated carbocycles. The van der Waals surface area contributed by atoms with E-state index < -0.39 is 0 Å². The average molecular weight is 585 g/mol. The molecule has 2 saturated heterocycles. The molecule has 3 N–H and O–H groups in total. The Morgan fingerprint density at radius 3 is 2.28 bits per heavy atom. The van der Waals surface area contributed by atoms with Gasteiger partial charge < -0.3 is 25.4 Å². The fraction of sp³-hybridized carbons (Fsp3) is 0.429. The Hall–Kier alpha value is -4.04. The molecule has 3 aromatic rings. The molecule has 2 heterocycles. The highest BCUT2D eigenvalue weighted by Gasteiger charge is 2.48. The zero-order chi connectivity index (χ0) is 30.4. The van der Waals surface area contributed by atoms with Gasteiger partial charge in [0.1, 0.15) is 17.2 Å². The number of hydrogen-bond acceptors (Lipinski definition) is 5. The Kier molecular flexibility index (Phi) is 9.56. The molecule has 2 aliphatic heterocycles. The molecule has 0 aliphatic carbocycles. The summed E-state index contributed by atoms with van der Waals surface area (Å²) >= 11 is 0. The lowest BCUT2D eigenvalue weighted by molar-refractivity contribution is -0.0823. The van der Waals surface area contributed by atoms with Gasteiger partial charge in [-0.05, 0) is 118 Å². The van der Waals surface area contributed by atoms with Gasteiger partial charge in [-0.15, -0.1) is 0 Å². The monoisotopic (exact) mass is 584 g/mol. The maximum absolute atomic E-state index is 12.9. The Bertz CT molecular complexity index is 1400. The SMILES string of the molecule is CCc1cc(NC(=O)NC(CC)CC)ccc1Oc1ccc(NC(=O)c2ccc(OC34CCCC(CC3)N4C)cc2)cc1. The minimum atomic E-state index is -0.212. The van der Waals surface area contributed by atoms with Crippen molar-refractivity contribution in [3.63, 3.8) is 0 Å². The summed E-state index contributed by atoms with van der Waals surface area (Å²) in [6, 6.07) is 20.9. The molecule has 3 amide bonds. The van der Waals surface area contributed by atoms with Crippen LogP contribution in [-0.2, 0) is 6.42 Å². The summed E-state index contributed by atoms with van der Waals surface area (Å²) in [6.07, 6.45) is 8.25. The van der Waals surface area contributed by atoms with E-state index in [9.17, 15) is 9.59 Å². The number of amides is 3. The molecule has 43 heavy (non-hydrogen) atoms. The van der Waals surface area contributed by atoms with Gasteiger partial charge in [-0.3, -0.25) is 9.69 Å². The normalized spacial score (nSPS) is 19.6. The summed E-state index contributed by atoms with van der Waals surface area (Å²) in [5, 5.41) is 8.87. The fourth-order valence-corrected chi connectivity index (χ4v) is 6.23. The van der Waals surface area contributed by atoms with Crippen LogP contribution in [0.4, 0.5) is 16.2 Å². The van der Waals surface area contributed by atoms with E-state index in [1.54, 1.807) is 0 Å². The molecule has 8 nitrogen and oxygen atoms in total. The second-order valence-electron chi connectivity index (χ2n) is 11.6. The maximum atomic E-state index is 12.9. The lowest BCUT2D eigenvalue weighted by Gasteiger charge is -2.42. The van der Waals surface area contributed by atoms with Gasteiger partial charge in [0.25, 0.3) is 5.91 Å². The number of aryl methyl sites for hydroxylation is 1. The first-order valence-corrected chi connectivity index (χ1v) is 15.6. The number of fused-ring (bicyclic) bond motifs is 2. The van der Waals surface area contributed by atoms with Gasteiger partial charge >= 0.3 is 6.03 Å². The van der Waals surface area contributed by atoms with Crippen LogP contribution in [-0.4, -0.2) is 41.7 Å². The second kappa shape index (κ2) is 13.5. The number of nitrogens with zero attached hydrogens (tertiary/aromatic N) is 1. The molecule has 2 unspecified atom stereocenters. The second-order valence-corrected chi connectivity index (χ2v) is 11.6. The smallest absolute Gasteiger partial charge is 0.319 e. The standard InChI is InChI=1S/C35H44N4O4/c1-5-24-23-28(38-34(41)37-26(6-2)7-3)14-19-32(24)42-30-17-12-27(13-18-30)36-33(40)25-10-15-31(16-11-25)43-35-21-8-9-29(20-22-35)39(35)4/h10-19,23,26,29H,5-9,20-22H2,1-4H3,(H,36,40)(H2,37,38,41). The highest BCUT2D eigenvalue weighted by molar-refractivity contribution is 6.04. The van der Waals surface area contributed by atoms with Gasteiger partial charge in [-0.2, -0.15) is 0 Å². The highest BCUT2D eigenvalue weighted by Crippen LogP contribution is 2.44. The molecular weight excluding hydrogens is 540 g/mol. The molecule has 2 fully saturated rings. The van der Waals surface area contributed by atoms with E-state index >= 15 is 0 Å². The van der Waals surface area contributed by atoms with E-state index in [1.807, 2.05) is 73.7 Å². The minimum absolute atomic E-state index is 0.157. The molecule has 0 aromatic heterocycles. The predicted octanol–water partition coefficient (Wildman–Crippen LogP) is 7.96. The summed E-state index contributed by atoms with van der Waals surface area (Å²) in [4.78, 5) is 27.7. The third-order valence-electron chi connectivity index (χ3n) is 8.95. The largest absolute Gasteiger partial charge is 0.473 e. The molecule has 228 valence electrons. The van der Waals surface area contributed by atoms with E-state index in [2.05, 4.69) is 41.7 Å². The van der Waals surface area contributed by atoms with E-state index in [0.29, 0.717) is 23.0 Å². The number of ether oxygens (including phenoxy) is 2. The summed E-state index contributed by atoms with van der Waals surface area (Å²) in [5.41, 5.74) is 2.74. The number of hydrogen-bond donors (Lipinski definition) is 3. The van der Waals surface area contributed by atoms with Crippen molar-refractivity contribution in [1.82, 2.24) is 10.2 Å². The van der Waals surface area contributed by atoms with Crippen LogP contribution in [0, 0.1) is 0 Å². The van der Waals surface area contributed by atoms with Crippen LogP contribution < -0.4 is 25.4 Å². The van der Waals surface area contributed by atoms with Crippen molar-refractivity contribution in [2.45, 2.75) is 89.9 Å². The lowest BCUT2D eigenvalue weighted by Crippen LogP contribution is -2.51. The van der Waals surface area contributed by atoms with E-state index in [1.165, 1.54) is 19.3 Å². The number of anilines is 2. The quantitative estimate of drug-likeness (QED) is 0.213. The molecule has 2 atom stereocenters. The van der Waals surface area contributed by atoms with Crippen LogP contribution in [0.1, 0.15) is 81.6 Å². The Morgan fingerprint density at radius 1 is 0.884 bits per heavy atom. The van der Waals surface area contributed by atoms with Crippen LogP contribution in [0.5, 0.6) is 17.2 Å². The van der Waals surface area contributed by atoms with Crippen molar-refractivity contribution in [3.8, 4) is 17.2 Å². The van der Waals surface area contributed by atoms with Gasteiger partial charge in [-0.1, -0.05) is 20.8 Å². The lowest BCUT2D eigenvalue weighted by atomic mass is 10.0. The molecule has 5 rings (SSSR count). The van der Waals surface area contributed by atoms with Crippen LogP contribution in [0.25, 0.3) is 0 Å². The first-order valence-electron chi connectivity index (χ1n) is 15.6. The summed E-state index contributed by atoms with van der Waals surface area (Å²) in [7, 11) is 2.17. The Morgan fingerprint density at radius 2 is 1.58 bits per heavy atom.